The van der Waals surface area contributed by atoms with Gasteiger partial charge in [0.05, 0.1) is 11.9 Å². The summed E-state index contributed by atoms with van der Waals surface area (Å²) in [7, 11) is 0. The number of aromatic nitrogens is 1. The predicted molar refractivity (Wildman–Crippen MR) is 89.1 cm³/mol. The fraction of sp³-hybridized carbons (Fsp3) is 0.0556. The van der Waals surface area contributed by atoms with Crippen molar-refractivity contribution in [1.82, 2.24) is 4.57 Å². The molecule has 0 N–H and O–H groups in total. The maximum absolute atomic E-state index is 12.5. The van der Waals surface area contributed by atoms with E-state index in [0.29, 0.717) is 6.54 Å². The Morgan fingerprint density at radius 3 is 2.71 bits per heavy atom. The first-order valence-corrected chi connectivity index (χ1v) is 7.74. The van der Waals surface area contributed by atoms with Crippen LogP contribution in [0, 0.1) is 0 Å². The number of rotatable bonds is 2. The van der Waals surface area contributed by atoms with E-state index in [1.165, 1.54) is 16.3 Å². The van der Waals surface area contributed by atoms with Gasteiger partial charge in [-0.05, 0) is 33.8 Å². The molecule has 0 aliphatic carbocycles. The van der Waals surface area contributed by atoms with Gasteiger partial charge >= 0.3 is 0 Å². The van der Waals surface area contributed by atoms with E-state index >= 15 is 0 Å². The highest BCUT2D eigenvalue weighted by Gasteiger charge is 2.06. The molecule has 2 aromatic heterocycles. The molecule has 0 spiro atoms. The fourth-order valence-electron chi connectivity index (χ4n) is 2.75. The molecule has 0 saturated heterocycles. The van der Waals surface area contributed by atoms with E-state index in [1.54, 1.807) is 15.9 Å². The van der Waals surface area contributed by atoms with Crippen LogP contribution in [0.15, 0.2) is 71.0 Å². The SMILES string of the molecule is O=c1c2ccsc2ccn1Cc1cccc2ccccc12. The van der Waals surface area contributed by atoms with Gasteiger partial charge in [0.1, 0.15) is 0 Å². The van der Waals surface area contributed by atoms with Crippen LogP contribution in [0.2, 0.25) is 0 Å². The van der Waals surface area contributed by atoms with E-state index in [-0.39, 0.29) is 5.56 Å². The molecule has 2 nitrogen and oxygen atoms in total. The molecular weight excluding hydrogens is 278 g/mol. The molecule has 102 valence electrons. The molecule has 2 heterocycles. The van der Waals surface area contributed by atoms with Crippen molar-refractivity contribution in [2.24, 2.45) is 0 Å². The molecule has 3 heteroatoms. The molecule has 0 bridgehead atoms. The Balaban J connectivity index is 1.87. The van der Waals surface area contributed by atoms with Gasteiger partial charge in [-0.2, -0.15) is 0 Å². The van der Waals surface area contributed by atoms with E-state index in [1.807, 2.05) is 41.9 Å². The van der Waals surface area contributed by atoms with Gasteiger partial charge in [-0.15, -0.1) is 11.3 Å². The van der Waals surface area contributed by atoms with Crippen LogP contribution in [0.25, 0.3) is 20.9 Å². The van der Waals surface area contributed by atoms with Crippen molar-refractivity contribution in [3.63, 3.8) is 0 Å². The van der Waals surface area contributed by atoms with Gasteiger partial charge < -0.3 is 4.57 Å². The molecule has 0 unspecified atom stereocenters. The maximum atomic E-state index is 12.5. The van der Waals surface area contributed by atoms with E-state index in [4.69, 9.17) is 0 Å². The minimum absolute atomic E-state index is 0.0849. The quantitative estimate of drug-likeness (QED) is 0.541. The minimum Gasteiger partial charge on any atom is -0.310 e. The van der Waals surface area contributed by atoms with Gasteiger partial charge in [0, 0.05) is 10.9 Å². The lowest BCUT2D eigenvalue weighted by atomic mass is 10.0. The lowest BCUT2D eigenvalue weighted by Gasteiger charge is -2.09. The van der Waals surface area contributed by atoms with Crippen molar-refractivity contribution >= 4 is 32.2 Å². The van der Waals surface area contributed by atoms with Crippen LogP contribution in [0.5, 0.6) is 0 Å². The van der Waals surface area contributed by atoms with Crippen LogP contribution in [-0.4, -0.2) is 4.57 Å². The summed E-state index contributed by atoms with van der Waals surface area (Å²) in [6.45, 7) is 0.603. The van der Waals surface area contributed by atoms with Gasteiger partial charge in [-0.3, -0.25) is 4.79 Å². The monoisotopic (exact) mass is 291 g/mol. The summed E-state index contributed by atoms with van der Waals surface area (Å²) in [4.78, 5) is 12.5. The smallest absolute Gasteiger partial charge is 0.259 e. The topological polar surface area (TPSA) is 22.0 Å². The standard InChI is InChI=1S/C18H13NOS/c20-18-16-9-11-21-17(16)8-10-19(18)12-14-6-3-5-13-4-1-2-7-15(13)14/h1-11H,12H2. The molecule has 0 radical (unpaired) electrons. The lowest BCUT2D eigenvalue weighted by Crippen LogP contribution is -2.19. The third kappa shape index (κ3) is 2.06. The van der Waals surface area contributed by atoms with E-state index in [9.17, 15) is 4.79 Å². The fourth-order valence-corrected chi connectivity index (χ4v) is 3.52. The molecule has 0 saturated carbocycles. The maximum Gasteiger partial charge on any atom is 0.259 e. The molecule has 21 heavy (non-hydrogen) atoms. The molecule has 0 amide bonds. The first-order chi connectivity index (χ1) is 10.3. The van der Waals surface area contributed by atoms with Gasteiger partial charge in [0.2, 0.25) is 0 Å². The van der Waals surface area contributed by atoms with Crippen molar-refractivity contribution < 1.29 is 0 Å². The number of thiophene rings is 1. The Morgan fingerprint density at radius 1 is 0.905 bits per heavy atom. The Bertz CT molecular complexity index is 991. The number of hydrogen-bond acceptors (Lipinski definition) is 2. The zero-order valence-electron chi connectivity index (χ0n) is 11.3. The normalized spacial score (nSPS) is 11.2. The first-order valence-electron chi connectivity index (χ1n) is 6.86. The second-order valence-corrected chi connectivity index (χ2v) is 6.03. The van der Waals surface area contributed by atoms with Gasteiger partial charge in [-0.25, -0.2) is 0 Å². The number of hydrogen-bond donors (Lipinski definition) is 0. The van der Waals surface area contributed by atoms with Crippen molar-refractivity contribution in [3.05, 3.63) is 82.1 Å². The van der Waals surface area contributed by atoms with Crippen molar-refractivity contribution in [2.75, 3.05) is 0 Å². The molecule has 4 aromatic rings. The highest BCUT2D eigenvalue weighted by molar-refractivity contribution is 7.17. The van der Waals surface area contributed by atoms with Gasteiger partial charge in [0.15, 0.2) is 0 Å². The van der Waals surface area contributed by atoms with Gasteiger partial charge in [-0.1, -0.05) is 42.5 Å². The molecule has 0 aliphatic heterocycles. The zero-order valence-corrected chi connectivity index (χ0v) is 12.1. The van der Waals surface area contributed by atoms with E-state index in [2.05, 4.69) is 24.3 Å². The predicted octanol–water partition coefficient (Wildman–Crippen LogP) is 4.26. The average molecular weight is 291 g/mol. The molecule has 0 fully saturated rings. The second kappa shape index (κ2) is 4.86. The summed E-state index contributed by atoms with van der Waals surface area (Å²) in [5, 5.41) is 5.19. The van der Waals surface area contributed by atoms with Crippen molar-refractivity contribution in [1.29, 1.82) is 0 Å². The third-order valence-corrected chi connectivity index (χ3v) is 4.70. The van der Waals surface area contributed by atoms with Crippen LogP contribution in [0.3, 0.4) is 0 Å². The zero-order chi connectivity index (χ0) is 14.2. The molecule has 2 aromatic carbocycles. The third-order valence-electron chi connectivity index (χ3n) is 3.81. The van der Waals surface area contributed by atoms with E-state index < -0.39 is 0 Å². The number of fused-ring (bicyclic) bond motifs is 2. The Labute approximate surface area is 125 Å². The number of pyridine rings is 1. The Kier molecular flexibility index (Phi) is 2.86. The minimum atomic E-state index is 0.0849. The van der Waals surface area contributed by atoms with Crippen LogP contribution in [0.1, 0.15) is 5.56 Å². The van der Waals surface area contributed by atoms with Gasteiger partial charge in [0.25, 0.3) is 5.56 Å². The summed E-state index contributed by atoms with van der Waals surface area (Å²) in [6.07, 6.45) is 1.89. The van der Waals surface area contributed by atoms with E-state index in [0.717, 1.165) is 10.1 Å². The number of nitrogens with zero attached hydrogens (tertiary/aromatic N) is 1. The highest BCUT2D eigenvalue weighted by Crippen LogP contribution is 2.20. The van der Waals surface area contributed by atoms with Crippen LogP contribution >= 0.6 is 11.3 Å². The largest absolute Gasteiger partial charge is 0.310 e. The average Bonchev–Trinajstić information content (AvgIpc) is 3.00. The molecule has 0 aliphatic rings. The molecule has 4 rings (SSSR count). The summed E-state index contributed by atoms with van der Waals surface area (Å²) >= 11 is 1.61. The Morgan fingerprint density at radius 2 is 1.76 bits per heavy atom. The Hall–Kier alpha value is -2.39. The summed E-state index contributed by atoms with van der Waals surface area (Å²) < 4.78 is 2.84. The van der Waals surface area contributed by atoms with Crippen LogP contribution in [0.4, 0.5) is 0 Å². The molecule has 0 atom stereocenters. The summed E-state index contributed by atoms with van der Waals surface area (Å²) in [6, 6.07) is 18.4. The van der Waals surface area contributed by atoms with Crippen molar-refractivity contribution in [2.45, 2.75) is 6.54 Å². The second-order valence-electron chi connectivity index (χ2n) is 5.09. The molecular formula is C18H13NOS. The van der Waals surface area contributed by atoms with Crippen LogP contribution in [-0.2, 0) is 6.54 Å². The first kappa shape index (κ1) is 12.4. The summed E-state index contributed by atoms with van der Waals surface area (Å²) in [5.41, 5.74) is 1.26. The lowest BCUT2D eigenvalue weighted by molar-refractivity contribution is 0.773. The summed E-state index contributed by atoms with van der Waals surface area (Å²) in [5.74, 6) is 0. The highest BCUT2D eigenvalue weighted by atomic mass is 32.1. The number of benzene rings is 2. The van der Waals surface area contributed by atoms with Crippen molar-refractivity contribution in [3.8, 4) is 0 Å². The van der Waals surface area contributed by atoms with Crippen LogP contribution < -0.4 is 5.56 Å².